The van der Waals surface area contributed by atoms with Gasteiger partial charge in [0, 0.05) is 16.1 Å². The van der Waals surface area contributed by atoms with Crippen molar-refractivity contribution >= 4 is 40.5 Å². The third-order valence-electron chi connectivity index (χ3n) is 2.40. The van der Waals surface area contributed by atoms with Gasteiger partial charge in [-0.3, -0.25) is 0 Å². The molecule has 0 atom stereocenters. The van der Waals surface area contributed by atoms with Gasteiger partial charge >= 0.3 is 0 Å². The Morgan fingerprint density at radius 1 is 1.00 bits per heavy atom. The molecule has 0 N–H and O–H groups in total. The molecule has 1 aromatic heterocycles. The predicted octanol–water partition coefficient (Wildman–Crippen LogP) is 0.972. The van der Waals surface area contributed by atoms with Crippen molar-refractivity contribution in [2.75, 3.05) is 11.5 Å². The van der Waals surface area contributed by atoms with Crippen molar-refractivity contribution in [3.05, 3.63) is 30.6 Å². The summed E-state index contributed by atoms with van der Waals surface area (Å²) in [5.74, 6) is -1.27. The van der Waals surface area contributed by atoms with Gasteiger partial charge in [0.15, 0.2) is 14.9 Å². The number of halogens is 1. The van der Waals surface area contributed by atoms with E-state index >= 15 is 0 Å². The van der Waals surface area contributed by atoms with Crippen LogP contribution in [0.25, 0.3) is 10.9 Å². The maximum absolute atomic E-state index is 12.1. The Balaban J connectivity index is 2.49. The maximum Gasteiger partial charge on any atom is 0.233 e. The standard InChI is InChI=1S/C10H9ClN2O4S2/c11-19(16,17)6-5-18(14,15)10-8-3-1-2-4-9(8)12-7-13-10/h1-4,7H,5-6H2. The van der Waals surface area contributed by atoms with Gasteiger partial charge in [0.05, 0.1) is 17.0 Å². The van der Waals surface area contributed by atoms with Gasteiger partial charge in [0.2, 0.25) is 9.05 Å². The molecule has 0 fully saturated rings. The van der Waals surface area contributed by atoms with Crippen LogP contribution < -0.4 is 0 Å². The average molecular weight is 321 g/mol. The highest BCUT2D eigenvalue weighted by Gasteiger charge is 2.22. The summed E-state index contributed by atoms with van der Waals surface area (Å²) in [6.07, 6.45) is 1.13. The molecule has 0 aliphatic carbocycles. The quantitative estimate of drug-likeness (QED) is 0.615. The molecule has 0 saturated heterocycles. The summed E-state index contributed by atoms with van der Waals surface area (Å²) in [6.45, 7) is 0. The van der Waals surface area contributed by atoms with Gasteiger partial charge in [-0.1, -0.05) is 12.1 Å². The van der Waals surface area contributed by atoms with Gasteiger partial charge in [-0.15, -0.1) is 0 Å². The zero-order valence-electron chi connectivity index (χ0n) is 9.52. The van der Waals surface area contributed by atoms with Crippen molar-refractivity contribution in [1.82, 2.24) is 9.97 Å². The van der Waals surface area contributed by atoms with E-state index in [1.165, 1.54) is 0 Å². The first kappa shape index (κ1) is 14.2. The van der Waals surface area contributed by atoms with E-state index in [-0.39, 0.29) is 5.03 Å². The summed E-state index contributed by atoms with van der Waals surface area (Å²) < 4.78 is 45.8. The Kier molecular flexibility index (Phi) is 3.75. The number of aromatic nitrogens is 2. The lowest BCUT2D eigenvalue weighted by atomic mass is 10.2. The summed E-state index contributed by atoms with van der Waals surface area (Å²) in [5.41, 5.74) is 0.477. The molecule has 0 radical (unpaired) electrons. The smallest absolute Gasteiger partial charge is 0.233 e. The lowest BCUT2D eigenvalue weighted by molar-refractivity contribution is 0.590. The number of sulfone groups is 1. The van der Waals surface area contributed by atoms with Gasteiger partial charge in [0.25, 0.3) is 0 Å². The van der Waals surface area contributed by atoms with Crippen molar-refractivity contribution in [1.29, 1.82) is 0 Å². The third-order valence-corrected chi connectivity index (χ3v) is 5.47. The fraction of sp³-hybridized carbons (Fsp3) is 0.200. The van der Waals surface area contributed by atoms with Crippen molar-refractivity contribution in [2.45, 2.75) is 5.03 Å². The van der Waals surface area contributed by atoms with Gasteiger partial charge in [0.1, 0.15) is 6.33 Å². The van der Waals surface area contributed by atoms with Crippen LogP contribution in [0.5, 0.6) is 0 Å². The summed E-state index contributed by atoms with van der Waals surface area (Å²) in [4.78, 5) is 7.69. The van der Waals surface area contributed by atoms with E-state index in [1.54, 1.807) is 24.3 Å². The molecule has 1 aromatic carbocycles. The average Bonchev–Trinajstić information content (AvgIpc) is 2.35. The van der Waals surface area contributed by atoms with Crippen molar-refractivity contribution in [2.24, 2.45) is 0 Å². The number of nitrogens with zero attached hydrogens (tertiary/aromatic N) is 2. The monoisotopic (exact) mass is 320 g/mol. The zero-order chi connectivity index (χ0) is 14.1. The Labute approximate surface area is 114 Å². The second-order valence-electron chi connectivity index (χ2n) is 3.76. The normalized spacial score (nSPS) is 12.7. The van der Waals surface area contributed by atoms with Gasteiger partial charge < -0.3 is 0 Å². The molecule has 2 aromatic rings. The molecule has 0 amide bonds. The minimum atomic E-state index is -3.87. The van der Waals surface area contributed by atoms with E-state index in [9.17, 15) is 16.8 Å². The summed E-state index contributed by atoms with van der Waals surface area (Å²) in [5, 5.41) is 0.176. The maximum atomic E-state index is 12.1. The van der Waals surface area contributed by atoms with Crippen LogP contribution in [-0.2, 0) is 18.9 Å². The lowest BCUT2D eigenvalue weighted by Crippen LogP contribution is -2.15. The first-order valence-corrected chi connectivity index (χ1v) is 9.27. The topological polar surface area (TPSA) is 94.1 Å². The fourth-order valence-electron chi connectivity index (χ4n) is 1.53. The number of fused-ring (bicyclic) bond motifs is 1. The highest BCUT2D eigenvalue weighted by molar-refractivity contribution is 8.14. The van der Waals surface area contributed by atoms with Crippen LogP contribution in [-0.4, -0.2) is 38.3 Å². The first-order chi connectivity index (χ1) is 8.80. The third kappa shape index (κ3) is 3.40. The number of benzene rings is 1. The lowest BCUT2D eigenvalue weighted by Gasteiger charge is -2.05. The molecule has 9 heteroatoms. The highest BCUT2D eigenvalue weighted by Crippen LogP contribution is 2.20. The van der Waals surface area contributed by atoms with Crippen LogP contribution in [0.1, 0.15) is 0 Å². The predicted molar refractivity (Wildman–Crippen MR) is 71.2 cm³/mol. The van der Waals surface area contributed by atoms with Crippen molar-refractivity contribution in [3.8, 4) is 0 Å². The van der Waals surface area contributed by atoms with E-state index in [0.717, 1.165) is 6.33 Å². The minimum Gasteiger partial charge on any atom is -0.236 e. The highest BCUT2D eigenvalue weighted by atomic mass is 35.7. The Hall–Kier alpha value is -1.25. The minimum absolute atomic E-state index is 0.182. The first-order valence-electron chi connectivity index (χ1n) is 5.14. The van der Waals surface area contributed by atoms with E-state index in [4.69, 9.17) is 10.7 Å². The van der Waals surface area contributed by atoms with Gasteiger partial charge in [-0.2, -0.15) is 0 Å². The Morgan fingerprint density at radius 2 is 1.68 bits per heavy atom. The molecule has 0 unspecified atom stereocenters. The number of hydrogen-bond acceptors (Lipinski definition) is 6. The summed E-state index contributed by atoms with van der Waals surface area (Å²) in [7, 11) is -2.68. The Morgan fingerprint density at radius 3 is 2.37 bits per heavy atom. The van der Waals surface area contributed by atoms with E-state index < -0.39 is 30.4 Å². The molecule has 0 saturated carbocycles. The molecule has 0 aliphatic rings. The molecule has 6 nitrogen and oxygen atoms in total. The second-order valence-corrected chi connectivity index (χ2v) is 8.68. The molecule has 0 aliphatic heterocycles. The molecule has 1 heterocycles. The number of para-hydroxylation sites is 1. The van der Waals surface area contributed by atoms with Crippen molar-refractivity contribution in [3.63, 3.8) is 0 Å². The van der Waals surface area contributed by atoms with E-state index in [1.807, 2.05) is 0 Å². The summed E-state index contributed by atoms with van der Waals surface area (Å²) in [6, 6.07) is 6.59. The van der Waals surface area contributed by atoms with Gasteiger partial charge in [-0.05, 0) is 12.1 Å². The van der Waals surface area contributed by atoms with Crippen LogP contribution in [0.15, 0.2) is 35.6 Å². The van der Waals surface area contributed by atoms with Crippen molar-refractivity contribution < 1.29 is 16.8 Å². The molecule has 2 rings (SSSR count). The van der Waals surface area contributed by atoms with Crippen LogP contribution in [0.4, 0.5) is 0 Å². The Bertz CT molecular complexity index is 813. The molecular weight excluding hydrogens is 312 g/mol. The number of rotatable bonds is 4. The molecule has 102 valence electrons. The molecule has 0 bridgehead atoms. The summed E-state index contributed by atoms with van der Waals surface area (Å²) >= 11 is 0. The molecule has 19 heavy (non-hydrogen) atoms. The molecule has 0 spiro atoms. The second kappa shape index (κ2) is 5.03. The SMILES string of the molecule is O=S(=O)(Cl)CCS(=O)(=O)c1ncnc2ccccc12. The van der Waals surface area contributed by atoms with Gasteiger partial charge in [-0.25, -0.2) is 26.8 Å². The van der Waals surface area contributed by atoms with E-state index in [0.29, 0.717) is 10.9 Å². The fourth-order valence-corrected chi connectivity index (χ4v) is 4.68. The van der Waals surface area contributed by atoms with Crippen LogP contribution >= 0.6 is 10.7 Å². The molecular formula is C10H9ClN2O4S2. The van der Waals surface area contributed by atoms with Crippen LogP contribution in [0.2, 0.25) is 0 Å². The zero-order valence-corrected chi connectivity index (χ0v) is 11.9. The van der Waals surface area contributed by atoms with Crippen LogP contribution in [0.3, 0.4) is 0 Å². The van der Waals surface area contributed by atoms with Crippen LogP contribution in [0, 0.1) is 0 Å². The van der Waals surface area contributed by atoms with E-state index in [2.05, 4.69) is 9.97 Å². The largest absolute Gasteiger partial charge is 0.236 e. The number of hydrogen-bond donors (Lipinski definition) is 0.